The molecule has 3 nitrogen and oxygen atoms in total. The van der Waals surface area contributed by atoms with Gasteiger partial charge in [0.15, 0.2) is 0 Å². The maximum absolute atomic E-state index is 10.3. The fourth-order valence-corrected chi connectivity index (χ4v) is 1.72. The summed E-state index contributed by atoms with van der Waals surface area (Å²) in [7, 11) is 0. The highest BCUT2D eigenvalue weighted by molar-refractivity contribution is 5.66. The van der Waals surface area contributed by atoms with Crippen molar-refractivity contribution < 1.29 is 15.0 Å². The summed E-state index contributed by atoms with van der Waals surface area (Å²) in [6.07, 6.45) is 15.4. The molecular weight excluding hydrogens is 264 g/mol. The van der Waals surface area contributed by atoms with Gasteiger partial charge >= 0.3 is 5.97 Å². The Morgan fingerprint density at radius 2 is 1.67 bits per heavy atom. The monoisotopic (exact) mass is 290 g/mol. The van der Waals surface area contributed by atoms with Gasteiger partial charge in [0, 0.05) is 19.3 Å². The van der Waals surface area contributed by atoms with Gasteiger partial charge in [-0.15, -0.1) is 0 Å². The second kappa shape index (κ2) is 14.5. The van der Waals surface area contributed by atoms with Crippen molar-refractivity contribution in [2.24, 2.45) is 0 Å². The van der Waals surface area contributed by atoms with Crippen LogP contribution in [0.3, 0.4) is 0 Å². The second-order valence-corrected chi connectivity index (χ2v) is 4.77. The van der Waals surface area contributed by atoms with Crippen molar-refractivity contribution in [2.75, 3.05) is 0 Å². The van der Waals surface area contributed by atoms with Gasteiger partial charge in [-0.3, -0.25) is 4.79 Å². The first-order valence-corrected chi connectivity index (χ1v) is 7.52. The average Bonchev–Trinajstić information content (AvgIpc) is 2.45. The minimum Gasteiger partial charge on any atom is -0.513 e. The van der Waals surface area contributed by atoms with Gasteiger partial charge in [0.25, 0.3) is 0 Å². The minimum absolute atomic E-state index is 0.256. The van der Waals surface area contributed by atoms with E-state index in [-0.39, 0.29) is 6.42 Å². The van der Waals surface area contributed by atoms with E-state index in [1.807, 2.05) is 25.2 Å². The van der Waals surface area contributed by atoms with Gasteiger partial charge in [-0.05, 0) is 31.9 Å². The second-order valence-electron chi connectivity index (χ2n) is 4.77. The summed E-state index contributed by atoms with van der Waals surface area (Å²) in [6.45, 7) is 1.95. The van der Waals surface area contributed by atoms with Crippen LogP contribution in [-0.2, 0) is 4.79 Å². The molecule has 0 spiro atoms. The Hall–Kier alpha value is -1.95. The molecule has 0 saturated carbocycles. The Morgan fingerprint density at radius 3 is 2.33 bits per heavy atom. The number of rotatable bonds is 10. The molecular formula is C18H26O3. The SMILES string of the molecule is C/C=C\C=C\C#CC/C=C(\O)CCCCCCCC(=O)O. The summed E-state index contributed by atoms with van der Waals surface area (Å²) in [5, 5.41) is 18.1. The largest absolute Gasteiger partial charge is 0.513 e. The summed E-state index contributed by atoms with van der Waals surface area (Å²) < 4.78 is 0. The number of unbranched alkanes of at least 4 members (excludes halogenated alkanes) is 4. The van der Waals surface area contributed by atoms with Crippen molar-refractivity contribution in [3.05, 3.63) is 36.1 Å². The quantitative estimate of drug-likeness (QED) is 0.264. The molecule has 116 valence electrons. The fraction of sp³-hybridized carbons (Fsp3) is 0.500. The lowest BCUT2D eigenvalue weighted by Crippen LogP contribution is -1.93. The number of allylic oxidation sites excluding steroid dienone is 6. The summed E-state index contributed by atoms with van der Waals surface area (Å²) in [4.78, 5) is 10.3. The number of carbonyl (C=O) groups is 1. The fourth-order valence-electron chi connectivity index (χ4n) is 1.72. The Balaban J connectivity index is 3.58. The van der Waals surface area contributed by atoms with Gasteiger partial charge < -0.3 is 10.2 Å². The number of aliphatic hydroxyl groups excluding tert-OH is 1. The molecule has 0 radical (unpaired) electrons. The number of hydrogen-bond donors (Lipinski definition) is 2. The Morgan fingerprint density at radius 1 is 1.00 bits per heavy atom. The number of hydrogen-bond acceptors (Lipinski definition) is 2. The number of carboxylic acids is 1. The molecule has 0 aliphatic carbocycles. The van der Waals surface area contributed by atoms with E-state index in [0.29, 0.717) is 18.6 Å². The van der Waals surface area contributed by atoms with E-state index in [2.05, 4.69) is 11.8 Å². The lowest BCUT2D eigenvalue weighted by Gasteiger charge is -2.00. The smallest absolute Gasteiger partial charge is 0.303 e. The van der Waals surface area contributed by atoms with Gasteiger partial charge in [0.1, 0.15) is 0 Å². The highest BCUT2D eigenvalue weighted by atomic mass is 16.4. The molecule has 0 aliphatic heterocycles. The lowest BCUT2D eigenvalue weighted by atomic mass is 10.1. The van der Waals surface area contributed by atoms with Crippen molar-refractivity contribution in [1.82, 2.24) is 0 Å². The van der Waals surface area contributed by atoms with Crippen LogP contribution in [0.4, 0.5) is 0 Å². The summed E-state index contributed by atoms with van der Waals surface area (Å²) in [6, 6.07) is 0. The van der Waals surface area contributed by atoms with Crippen LogP contribution in [0.2, 0.25) is 0 Å². The van der Waals surface area contributed by atoms with Crippen molar-refractivity contribution in [2.45, 2.75) is 58.3 Å². The van der Waals surface area contributed by atoms with Gasteiger partial charge in [-0.1, -0.05) is 49.3 Å². The molecule has 0 saturated heterocycles. The first-order valence-electron chi connectivity index (χ1n) is 7.52. The summed E-state index contributed by atoms with van der Waals surface area (Å²) in [5.74, 6) is 5.50. The predicted molar refractivity (Wildman–Crippen MR) is 87.0 cm³/mol. The zero-order chi connectivity index (χ0) is 15.8. The number of aliphatic hydroxyl groups is 1. The summed E-state index contributed by atoms with van der Waals surface area (Å²) in [5.41, 5.74) is 0. The zero-order valence-electron chi connectivity index (χ0n) is 12.8. The molecule has 0 aromatic heterocycles. The van der Waals surface area contributed by atoms with Crippen LogP contribution in [0, 0.1) is 11.8 Å². The molecule has 2 N–H and O–H groups in total. The number of carboxylic acid groups (broad SMARTS) is 1. The van der Waals surface area contributed by atoms with Gasteiger partial charge in [-0.25, -0.2) is 0 Å². The summed E-state index contributed by atoms with van der Waals surface area (Å²) >= 11 is 0. The van der Waals surface area contributed by atoms with Crippen molar-refractivity contribution in [3.63, 3.8) is 0 Å². The van der Waals surface area contributed by atoms with E-state index in [9.17, 15) is 9.90 Å². The van der Waals surface area contributed by atoms with E-state index < -0.39 is 5.97 Å². The third-order valence-corrected chi connectivity index (χ3v) is 2.85. The molecule has 0 aromatic rings. The van der Waals surface area contributed by atoms with E-state index in [1.54, 1.807) is 12.2 Å². The van der Waals surface area contributed by atoms with Gasteiger partial charge in [0.05, 0.1) is 5.76 Å². The third kappa shape index (κ3) is 16.0. The van der Waals surface area contributed by atoms with Crippen LogP contribution < -0.4 is 0 Å². The molecule has 21 heavy (non-hydrogen) atoms. The van der Waals surface area contributed by atoms with Crippen molar-refractivity contribution in [3.8, 4) is 11.8 Å². The number of aliphatic carboxylic acids is 1. The minimum atomic E-state index is -0.725. The molecule has 0 unspecified atom stereocenters. The highest BCUT2D eigenvalue weighted by Gasteiger charge is 1.97. The third-order valence-electron chi connectivity index (χ3n) is 2.85. The van der Waals surface area contributed by atoms with Crippen LogP contribution in [0.1, 0.15) is 58.3 Å². The Kier molecular flexibility index (Phi) is 13.1. The van der Waals surface area contributed by atoms with Crippen molar-refractivity contribution in [1.29, 1.82) is 0 Å². The first kappa shape index (κ1) is 19.1. The molecule has 0 atom stereocenters. The maximum Gasteiger partial charge on any atom is 0.303 e. The van der Waals surface area contributed by atoms with Crippen LogP contribution in [0.5, 0.6) is 0 Å². The van der Waals surface area contributed by atoms with Crippen LogP contribution in [0.15, 0.2) is 36.1 Å². The topological polar surface area (TPSA) is 57.5 Å². The molecule has 0 aromatic carbocycles. The average molecular weight is 290 g/mol. The molecule has 3 heteroatoms. The van der Waals surface area contributed by atoms with E-state index in [4.69, 9.17) is 5.11 Å². The Labute approximate surface area is 128 Å². The molecule has 0 amide bonds. The Bertz CT molecular complexity index is 419. The van der Waals surface area contributed by atoms with E-state index in [0.717, 1.165) is 32.1 Å². The normalized spacial score (nSPS) is 11.8. The van der Waals surface area contributed by atoms with Crippen LogP contribution in [-0.4, -0.2) is 16.2 Å². The molecule has 0 fully saturated rings. The van der Waals surface area contributed by atoms with Crippen molar-refractivity contribution >= 4 is 5.97 Å². The maximum atomic E-state index is 10.3. The lowest BCUT2D eigenvalue weighted by molar-refractivity contribution is -0.137. The molecule has 0 aliphatic rings. The molecule has 0 heterocycles. The highest BCUT2D eigenvalue weighted by Crippen LogP contribution is 2.10. The van der Waals surface area contributed by atoms with Crippen LogP contribution in [0.25, 0.3) is 0 Å². The predicted octanol–water partition coefficient (Wildman–Crippen LogP) is 4.77. The van der Waals surface area contributed by atoms with E-state index in [1.165, 1.54) is 0 Å². The van der Waals surface area contributed by atoms with E-state index >= 15 is 0 Å². The van der Waals surface area contributed by atoms with Gasteiger partial charge in [-0.2, -0.15) is 0 Å². The molecule has 0 bridgehead atoms. The van der Waals surface area contributed by atoms with Gasteiger partial charge in [0.2, 0.25) is 0 Å². The first-order chi connectivity index (χ1) is 10.2. The standard InChI is InChI=1S/C18H26O3/c1-2-3-4-5-6-8-11-14-17(19)15-12-9-7-10-13-16-18(20)21/h2-5,14,19H,7,9-13,15-16H2,1H3,(H,20,21)/b3-2-,5-4+,17-14-. The molecule has 0 rings (SSSR count). The zero-order valence-corrected chi connectivity index (χ0v) is 12.8. The van der Waals surface area contributed by atoms with Crippen LogP contribution >= 0.6 is 0 Å².